The van der Waals surface area contributed by atoms with Crippen LogP contribution in [0.5, 0.6) is 0 Å². The van der Waals surface area contributed by atoms with Gasteiger partial charge in [-0.05, 0) is 30.0 Å². The van der Waals surface area contributed by atoms with Crippen molar-refractivity contribution in [1.29, 1.82) is 0 Å². The molecule has 2 atom stereocenters. The number of anilines is 1. The lowest BCUT2D eigenvalue weighted by Crippen LogP contribution is -2.29. The molecule has 0 saturated carbocycles. The Balaban J connectivity index is 2.72. The molecule has 0 heterocycles. The van der Waals surface area contributed by atoms with E-state index in [0.29, 0.717) is 5.92 Å². The number of aliphatic hydroxyl groups is 1. The van der Waals surface area contributed by atoms with Crippen LogP contribution in [0.15, 0.2) is 24.3 Å². The zero-order valence-electron chi connectivity index (χ0n) is 11.2. The van der Waals surface area contributed by atoms with Gasteiger partial charge in [-0.1, -0.05) is 26.0 Å². The van der Waals surface area contributed by atoms with Gasteiger partial charge < -0.3 is 15.7 Å². The van der Waals surface area contributed by atoms with Crippen molar-refractivity contribution < 1.29 is 5.11 Å². The summed E-state index contributed by atoms with van der Waals surface area (Å²) in [5.74, 6) is 0.501. The Bertz CT molecular complexity index is 333. The second-order valence-corrected chi connectivity index (χ2v) is 5.22. The van der Waals surface area contributed by atoms with Gasteiger partial charge in [0.2, 0.25) is 0 Å². The molecule has 1 aromatic carbocycles. The number of aliphatic hydroxyl groups excluding tert-OH is 1. The lowest BCUT2D eigenvalue weighted by molar-refractivity contribution is 0.136. The maximum Gasteiger partial charge on any atom is 0.0940 e. The molecule has 0 saturated heterocycles. The van der Waals surface area contributed by atoms with E-state index in [0.717, 1.165) is 17.7 Å². The Hall–Kier alpha value is -1.06. The molecule has 0 aromatic heterocycles. The third kappa shape index (κ3) is 4.02. The molecule has 0 aliphatic carbocycles. The van der Waals surface area contributed by atoms with E-state index in [2.05, 4.69) is 13.8 Å². The Kier molecular flexibility index (Phi) is 4.97. The smallest absolute Gasteiger partial charge is 0.0940 e. The van der Waals surface area contributed by atoms with Crippen molar-refractivity contribution in [3.63, 3.8) is 0 Å². The topological polar surface area (TPSA) is 49.5 Å². The van der Waals surface area contributed by atoms with E-state index in [-0.39, 0.29) is 6.04 Å². The van der Waals surface area contributed by atoms with Crippen LogP contribution in [0.3, 0.4) is 0 Å². The first kappa shape index (κ1) is 14.0. The highest BCUT2D eigenvalue weighted by atomic mass is 16.3. The Morgan fingerprint density at radius 3 is 2.12 bits per heavy atom. The molecule has 3 N–H and O–H groups in total. The van der Waals surface area contributed by atoms with Crippen LogP contribution in [-0.4, -0.2) is 25.2 Å². The monoisotopic (exact) mass is 236 g/mol. The maximum atomic E-state index is 10.1. The molecular weight excluding hydrogens is 212 g/mol. The third-order valence-corrected chi connectivity index (χ3v) is 2.90. The van der Waals surface area contributed by atoms with Gasteiger partial charge in [-0.15, -0.1) is 0 Å². The molecule has 0 radical (unpaired) electrons. The lowest BCUT2D eigenvalue weighted by atomic mass is 9.95. The number of rotatable bonds is 5. The molecule has 17 heavy (non-hydrogen) atoms. The van der Waals surface area contributed by atoms with E-state index in [4.69, 9.17) is 5.73 Å². The van der Waals surface area contributed by atoms with Gasteiger partial charge in [0.25, 0.3) is 0 Å². The van der Waals surface area contributed by atoms with Crippen LogP contribution in [0, 0.1) is 5.92 Å². The molecule has 3 nitrogen and oxygen atoms in total. The lowest BCUT2D eigenvalue weighted by Gasteiger charge is -2.21. The maximum absolute atomic E-state index is 10.1. The average molecular weight is 236 g/mol. The SMILES string of the molecule is CC(C)CC(N)C(O)c1ccc(N(C)C)cc1. The normalized spacial score (nSPS) is 14.8. The molecule has 0 amide bonds. The first-order valence-corrected chi connectivity index (χ1v) is 6.12. The zero-order chi connectivity index (χ0) is 13.0. The van der Waals surface area contributed by atoms with Crippen LogP contribution in [0.4, 0.5) is 5.69 Å². The molecule has 0 aliphatic heterocycles. The first-order valence-electron chi connectivity index (χ1n) is 6.12. The van der Waals surface area contributed by atoms with E-state index in [1.165, 1.54) is 0 Å². The highest BCUT2D eigenvalue weighted by Crippen LogP contribution is 2.22. The van der Waals surface area contributed by atoms with E-state index >= 15 is 0 Å². The molecule has 0 fully saturated rings. The van der Waals surface area contributed by atoms with E-state index in [1.807, 2.05) is 43.3 Å². The van der Waals surface area contributed by atoms with Gasteiger partial charge in [0.15, 0.2) is 0 Å². The number of benzene rings is 1. The van der Waals surface area contributed by atoms with Crippen LogP contribution in [0.1, 0.15) is 31.9 Å². The second-order valence-electron chi connectivity index (χ2n) is 5.22. The Morgan fingerprint density at radius 1 is 1.18 bits per heavy atom. The predicted octanol–water partition coefficient (Wildman–Crippen LogP) is 2.16. The molecule has 3 heteroatoms. The molecule has 96 valence electrons. The van der Waals surface area contributed by atoms with Crippen molar-refractivity contribution in [2.45, 2.75) is 32.4 Å². The van der Waals surface area contributed by atoms with Crippen molar-refractivity contribution in [3.05, 3.63) is 29.8 Å². The van der Waals surface area contributed by atoms with E-state index in [1.54, 1.807) is 0 Å². The van der Waals surface area contributed by atoms with Crippen molar-refractivity contribution in [2.75, 3.05) is 19.0 Å². The summed E-state index contributed by atoms with van der Waals surface area (Å²) in [4.78, 5) is 2.03. The van der Waals surface area contributed by atoms with Gasteiger partial charge in [-0.3, -0.25) is 0 Å². The molecule has 0 spiro atoms. The molecule has 1 aromatic rings. The van der Waals surface area contributed by atoms with Crippen molar-refractivity contribution in [3.8, 4) is 0 Å². The summed E-state index contributed by atoms with van der Waals surface area (Å²) >= 11 is 0. The number of hydrogen-bond donors (Lipinski definition) is 2. The fourth-order valence-corrected chi connectivity index (χ4v) is 1.89. The molecule has 1 rings (SSSR count). The number of hydrogen-bond acceptors (Lipinski definition) is 3. The van der Waals surface area contributed by atoms with Crippen LogP contribution in [0.25, 0.3) is 0 Å². The standard InChI is InChI=1S/C14H24N2O/c1-10(2)9-13(15)14(17)11-5-7-12(8-6-11)16(3)4/h5-8,10,13-14,17H,9,15H2,1-4H3. The minimum absolute atomic E-state index is 0.194. The van der Waals surface area contributed by atoms with Crippen LogP contribution in [0.2, 0.25) is 0 Å². The van der Waals surface area contributed by atoms with Gasteiger partial charge >= 0.3 is 0 Å². The quantitative estimate of drug-likeness (QED) is 0.823. The molecule has 0 bridgehead atoms. The van der Waals surface area contributed by atoms with Crippen molar-refractivity contribution in [1.82, 2.24) is 0 Å². The highest BCUT2D eigenvalue weighted by Gasteiger charge is 2.17. The Morgan fingerprint density at radius 2 is 1.71 bits per heavy atom. The van der Waals surface area contributed by atoms with Gasteiger partial charge in [0.05, 0.1) is 6.10 Å². The number of nitrogens with zero attached hydrogens (tertiary/aromatic N) is 1. The van der Waals surface area contributed by atoms with Gasteiger partial charge in [-0.25, -0.2) is 0 Å². The van der Waals surface area contributed by atoms with Crippen molar-refractivity contribution in [2.24, 2.45) is 11.7 Å². The summed E-state index contributed by atoms with van der Waals surface area (Å²) in [5.41, 5.74) is 8.00. The average Bonchev–Trinajstić information content (AvgIpc) is 2.27. The first-order chi connectivity index (χ1) is 7.91. The summed E-state index contributed by atoms with van der Waals surface area (Å²) in [6.45, 7) is 4.23. The van der Waals surface area contributed by atoms with E-state index in [9.17, 15) is 5.11 Å². The van der Waals surface area contributed by atoms with Gasteiger partial charge in [0.1, 0.15) is 0 Å². The summed E-state index contributed by atoms with van der Waals surface area (Å²) < 4.78 is 0. The summed E-state index contributed by atoms with van der Waals surface area (Å²) in [6.07, 6.45) is 0.255. The van der Waals surface area contributed by atoms with Gasteiger partial charge in [-0.2, -0.15) is 0 Å². The summed E-state index contributed by atoms with van der Waals surface area (Å²) in [5, 5.41) is 10.1. The predicted molar refractivity (Wildman–Crippen MR) is 73.2 cm³/mol. The minimum Gasteiger partial charge on any atom is -0.387 e. The van der Waals surface area contributed by atoms with Crippen LogP contribution in [-0.2, 0) is 0 Å². The zero-order valence-corrected chi connectivity index (χ0v) is 11.2. The molecular formula is C14H24N2O. The molecule has 2 unspecified atom stereocenters. The number of nitrogens with two attached hydrogens (primary N) is 1. The Labute approximate surface area is 104 Å². The van der Waals surface area contributed by atoms with Crippen LogP contribution >= 0.6 is 0 Å². The second kappa shape index (κ2) is 6.03. The summed E-state index contributed by atoms with van der Waals surface area (Å²) in [7, 11) is 3.99. The third-order valence-electron chi connectivity index (χ3n) is 2.90. The summed E-state index contributed by atoms with van der Waals surface area (Å²) in [6, 6.07) is 7.70. The largest absolute Gasteiger partial charge is 0.387 e. The fraction of sp³-hybridized carbons (Fsp3) is 0.571. The van der Waals surface area contributed by atoms with Gasteiger partial charge in [0, 0.05) is 25.8 Å². The highest BCUT2D eigenvalue weighted by molar-refractivity contribution is 5.46. The van der Waals surface area contributed by atoms with E-state index < -0.39 is 6.10 Å². The molecule has 0 aliphatic rings. The fourth-order valence-electron chi connectivity index (χ4n) is 1.89. The van der Waals surface area contributed by atoms with Crippen LogP contribution < -0.4 is 10.6 Å². The minimum atomic E-state index is -0.575. The van der Waals surface area contributed by atoms with Crippen molar-refractivity contribution >= 4 is 5.69 Å².